The Hall–Kier alpha value is -0.950. The fourth-order valence-corrected chi connectivity index (χ4v) is 5.69. The molecule has 5 nitrogen and oxygen atoms in total. The van der Waals surface area contributed by atoms with Crippen molar-refractivity contribution in [3.05, 3.63) is 35.4 Å². The van der Waals surface area contributed by atoms with Crippen LogP contribution in [-0.4, -0.2) is 61.2 Å². The average molecular weight is 366 g/mol. The number of piperidine rings is 1. The van der Waals surface area contributed by atoms with Gasteiger partial charge in [0.05, 0.1) is 0 Å². The zero-order valence-corrected chi connectivity index (χ0v) is 16.3. The van der Waals surface area contributed by atoms with Crippen molar-refractivity contribution in [1.82, 2.24) is 13.5 Å². The van der Waals surface area contributed by atoms with Crippen LogP contribution in [0.2, 0.25) is 0 Å². The average Bonchev–Trinajstić information content (AvgIpc) is 2.83. The first-order chi connectivity index (χ1) is 12.0. The molecule has 1 aromatic rings. The highest BCUT2D eigenvalue weighted by Gasteiger charge is 2.33. The summed E-state index contributed by atoms with van der Waals surface area (Å²) in [5.41, 5.74) is 2.64. The Labute approximate surface area is 152 Å². The minimum atomic E-state index is -3.31. The molecule has 0 amide bonds. The highest BCUT2D eigenvalue weighted by atomic mass is 32.2. The number of rotatable bonds is 4. The van der Waals surface area contributed by atoms with Crippen LogP contribution in [0.5, 0.6) is 0 Å². The smallest absolute Gasteiger partial charge is 0.282 e. The number of benzene rings is 1. The molecule has 140 valence electrons. The van der Waals surface area contributed by atoms with E-state index in [-0.39, 0.29) is 0 Å². The molecule has 3 rings (SSSR count). The minimum absolute atomic E-state index is 0.466. The molecule has 2 fully saturated rings. The second-order valence-corrected chi connectivity index (χ2v) is 9.50. The highest BCUT2D eigenvalue weighted by molar-refractivity contribution is 7.86. The van der Waals surface area contributed by atoms with Gasteiger partial charge in [0.1, 0.15) is 0 Å². The van der Waals surface area contributed by atoms with Crippen molar-refractivity contribution in [2.24, 2.45) is 5.92 Å². The van der Waals surface area contributed by atoms with Crippen LogP contribution in [0, 0.1) is 12.8 Å². The third-order valence-electron chi connectivity index (χ3n) is 5.48. The van der Waals surface area contributed by atoms with Crippen molar-refractivity contribution in [3.8, 4) is 0 Å². The molecule has 0 radical (unpaired) electrons. The van der Waals surface area contributed by atoms with E-state index in [0.29, 0.717) is 32.1 Å². The van der Waals surface area contributed by atoms with Gasteiger partial charge in [-0.2, -0.15) is 17.0 Å². The van der Waals surface area contributed by atoms with E-state index in [4.69, 9.17) is 0 Å². The molecule has 0 bridgehead atoms. The highest BCUT2D eigenvalue weighted by Crippen LogP contribution is 2.22. The Morgan fingerprint density at radius 3 is 2.52 bits per heavy atom. The molecule has 25 heavy (non-hydrogen) atoms. The van der Waals surface area contributed by atoms with Gasteiger partial charge in [0.15, 0.2) is 0 Å². The van der Waals surface area contributed by atoms with E-state index < -0.39 is 10.2 Å². The summed E-state index contributed by atoms with van der Waals surface area (Å²) >= 11 is 0. The van der Waals surface area contributed by atoms with E-state index in [1.807, 2.05) is 0 Å². The monoisotopic (exact) mass is 365 g/mol. The van der Waals surface area contributed by atoms with Crippen LogP contribution in [0.15, 0.2) is 24.3 Å². The first-order valence-electron chi connectivity index (χ1n) is 9.49. The fourth-order valence-electron chi connectivity index (χ4n) is 3.88. The van der Waals surface area contributed by atoms with Crippen molar-refractivity contribution >= 4 is 10.2 Å². The maximum Gasteiger partial charge on any atom is 0.282 e. The molecule has 0 aromatic heterocycles. The predicted octanol–water partition coefficient (Wildman–Crippen LogP) is 2.48. The maximum absolute atomic E-state index is 13.0. The number of hydrogen-bond donors (Lipinski definition) is 0. The Morgan fingerprint density at radius 1 is 1.00 bits per heavy atom. The molecule has 0 spiro atoms. The molecule has 1 unspecified atom stereocenters. The van der Waals surface area contributed by atoms with Crippen molar-refractivity contribution in [3.63, 3.8) is 0 Å². The summed E-state index contributed by atoms with van der Waals surface area (Å²) < 4.78 is 29.4. The molecule has 0 N–H and O–H groups in total. The topological polar surface area (TPSA) is 43.9 Å². The summed E-state index contributed by atoms with van der Waals surface area (Å²) in [5.74, 6) is 0.466. The van der Waals surface area contributed by atoms with Gasteiger partial charge in [-0.25, -0.2) is 0 Å². The Balaban J connectivity index is 1.62. The SMILES string of the molecule is Cc1ccccc1CN1CCCN(S(=O)(=O)N2CCCC(C)C2)CC1. The lowest BCUT2D eigenvalue weighted by Crippen LogP contribution is -2.48. The first kappa shape index (κ1) is 18.8. The molecule has 2 aliphatic heterocycles. The van der Waals surface area contributed by atoms with Gasteiger partial charge in [0.25, 0.3) is 10.2 Å². The number of nitrogens with zero attached hydrogens (tertiary/aromatic N) is 3. The summed E-state index contributed by atoms with van der Waals surface area (Å²) in [4.78, 5) is 2.39. The van der Waals surface area contributed by atoms with E-state index in [9.17, 15) is 8.42 Å². The summed E-state index contributed by atoms with van der Waals surface area (Å²) in [6.45, 7) is 9.53. The third-order valence-corrected chi connectivity index (χ3v) is 7.48. The number of aryl methyl sites for hydroxylation is 1. The molecule has 6 heteroatoms. The normalized spacial score (nSPS) is 25.0. The summed E-state index contributed by atoms with van der Waals surface area (Å²) in [5, 5.41) is 0. The van der Waals surface area contributed by atoms with E-state index in [2.05, 4.69) is 43.0 Å². The van der Waals surface area contributed by atoms with E-state index >= 15 is 0 Å². The second-order valence-electron chi connectivity index (χ2n) is 7.57. The largest absolute Gasteiger partial charge is 0.298 e. The lowest BCUT2D eigenvalue weighted by Gasteiger charge is -2.34. The lowest BCUT2D eigenvalue weighted by atomic mass is 10.0. The molecular formula is C19H31N3O2S. The number of hydrogen-bond acceptors (Lipinski definition) is 3. The fraction of sp³-hybridized carbons (Fsp3) is 0.684. The third kappa shape index (κ3) is 4.61. The predicted molar refractivity (Wildman–Crippen MR) is 102 cm³/mol. The van der Waals surface area contributed by atoms with Crippen LogP contribution < -0.4 is 0 Å². The van der Waals surface area contributed by atoms with Crippen LogP contribution in [0.4, 0.5) is 0 Å². The molecule has 2 heterocycles. The Kier molecular flexibility index (Phi) is 6.15. The van der Waals surface area contributed by atoms with Gasteiger partial charge in [0, 0.05) is 39.3 Å². The first-order valence-corrected chi connectivity index (χ1v) is 10.9. The standard InChI is InChI=1S/C19H31N3O2S/c1-17-7-5-11-22(15-17)25(23,24)21-12-6-10-20(13-14-21)16-19-9-4-3-8-18(19)2/h3-4,8-9,17H,5-7,10-16H2,1-2H3. The molecule has 0 aliphatic carbocycles. The van der Waals surface area contributed by atoms with Gasteiger partial charge in [-0.05, 0) is 49.8 Å². The van der Waals surface area contributed by atoms with E-state index in [0.717, 1.165) is 38.9 Å². The molecule has 1 aromatic carbocycles. The van der Waals surface area contributed by atoms with E-state index in [1.54, 1.807) is 8.61 Å². The van der Waals surface area contributed by atoms with Gasteiger partial charge < -0.3 is 0 Å². The second kappa shape index (κ2) is 8.16. The summed E-state index contributed by atoms with van der Waals surface area (Å²) in [7, 11) is -3.31. The molecule has 2 aliphatic rings. The van der Waals surface area contributed by atoms with Crippen LogP contribution >= 0.6 is 0 Å². The van der Waals surface area contributed by atoms with Gasteiger partial charge in [-0.3, -0.25) is 4.90 Å². The van der Waals surface area contributed by atoms with Crippen molar-refractivity contribution < 1.29 is 8.42 Å². The lowest BCUT2D eigenvalue weighted by molar-refractivity contribution is 0.253. The summed E-state index contributed by atoms with van der Waals surface area (Å²) in [6, 6.07) is 8.45. The van der Waals surface area contributed by atoms with Gasteiger partial charge >= 0.3 is 0 Å². The quantitative estimate of drug-likeness (QED) is 0.823. The summed E-state index contributed by atoms with van der Waals surface area (Å²) in [6.07, 6.45) is 3.01. The molecular weight excluding hydrogens is 334 g/mol. The van der Waals surface area contributed by atoms with Gasteiger partial charge in [0.2, 0.25) is 0 Å². The van der Waals surface area contributed by atoms with Gasteiger partial charge in [-0.15, -0.1) is 0 Å². The van der Waals surface area contributed by atoms with Crippen LogP contribution in [0.3, 0.4) is 0 Å². The van der Waals surface area contributed by atoms with Crippen molar-refractivity contribution in [1.29, 1.82) is 0 Å². The molecule has 2 saturated heterocycles. The maximum atomic E-state index is 13.0. The van der Waals surface area contributed by atoms with Crippen LogP contribution in [0.25, 0.3) is 0 Å². The zero-order valence-electron chi connectivity index (χ0n) is 15.5. The minimum Gasteiger partial charge on any atom is -0.298 e. The zero-order chi connectivity index (χ0) is 17.9. The van der Waals surface area contributed by atoms with Crippen LogP contribution in [-0.2, 0) is 16.8 Å². The van der Waals surface area contributed by atoms with Crippen molar-refractivity contribution in [2.75, 3.05) is 39.3 Å². The molecule has 0 saturated carbocycles. The Morgan fingerprint density at radius 2 is 1.76 bits per heavy atom. The van der Waals surface area contributed by atoms with Gasteiger partial charge in [-0.1, -0.05) is 31.2 Å². The van der Waals surface area contributed by atoms with E-state index in [1.165, 1.54) is 11.1 Å². The van der Waals surface area contributed by atoms with Crippen LogP contribution in [0.1, 0.15) is 37.3 Å². The molecule has 1 atom stereocenters. The van der Waals surface area contributed by atoms with Crippen molar-refractivity contribution in [2.45, 2.75) is 39.7 Å². The Bertz CT molecular complexity index is 677.